The summed E-state index contributed by atoms with van der Waals surface area (Å²) in [7, 11) is 1.58. The Balaban J connectivity index is 2.33. The van der Waals surface area contributed by atoms with E-state index in [1.54, 1.807) is 35.9 Å². The number of aromatic nitrogens is 2. The van der Waals surface area contributed by atoms with Crippen LogP contribution in [0, 0.1) is 0 Å². The van der Waals surface area contributed by atoms with Gasteiger partial charge in [-0.2, -0.15) is 0 Å². The van der Waals surface area contributed by atoms with Crippen LogP contribution in [0.2, 0.25) is 10.0 Å². The largest absolute Gasteiger partial charge is 0.496 e. The van der Waals surface area contributed by atoms with Crippen molar-refractivity contribution in [2.45, 2.75) is 0 Å². The maximum absolute atomic E-state index is 6.26. The summed E-state index contributed by atoms with van der Waals surface area (Å²) in [5, 5.41) is 1.12. The van der Waals surface area contributed by atoms with Gasteiger partial charge in [0.05, 0.1) is 22.7 Å². The number of halogens is 2. The van der Waals surface area contributed by atoms with E-state index < -0.39 is 0 Å². The molecule has 1 aromatic carbocycles. The van der Waals surface area contributed by atoms with E-state index in [9.17, 15) is 0 Å². The minimum absolute atomic E-state index is 0.467. The number of benzene rings is 1. The first-order chi connectivity index (χ1) is 9.61. The van der Waals surface area contributed by atoms with Gasteiger partial charge < -0.3 is 10.5 Å². The first-order valence-electron chi connectivity index (χ1n) is 5.88. The lowest BCUT2D eigenvalue weighted by atomic mass is 10.1. The lowest BCUT2D eigenvalue weighted by molar-refractivity contribution is 0.416. The van der Waals surface area contributed by atoms with Gasteiger partial charge in [0.15, 0.2) is 0 Å². The number of imidazole rings is 1. The topological polar surface area (TPSA) is 52.5 Å². The molecule has 0 saturated heterocycles. The van der Waals surface area contributed by atoms with Crippen molar-refractivity contribution in [2.24, 2.45) is 0 Å². The quantitative estimate of drug-likeness (QED) is 0.781. The molecule has 0 unspecified atom stereocenters. The number of pyridine rings is 1. The molecule has 20 heavy (non-hydrogen) atoms. The minimum atomic E-state index is 0.467. The van der Waals surface area contributed by atoms with E-state index in [2.05, 4.69) is 4.98 Å². The molecule has 2 N–H and O–H groups in total. The lowest BCUT2D eigenvalue weighted by Crippen LogP contribution is -1.95. The first-order valence-corrected chi connectivity index (χ1v) is 6.63. The molecule has 0 aliphatic rings. The van der Waals surface area contributed by atoms with Crippen LogP contribution in [-0.2, 0) is 0 Å². The average molecular weight is 308 g/mol. The maximum Gasteiger partial charge on any atom is 0.139 e. The van der Waals surface area contributed by atoms with Gasteiger partial charge in [-0.25, -0.2) is 4.98 Å². The van der Waals surface area contributed by atoms with Crippen LogP contribution in [0.5, 0.6) is 5.75 Å². The van der Waals surface area contributed by atoms with Gasteiger partial charge in [-0.3, -0.25) is 4.40 Å². The molecule has 0 amide bonds. The van der Waals surface area contributed by atoms with Crippen LogP contribution in [0.25, 0.3) is 16.9 Å². The van der Waals surface area contributed by atoms with Gasteiger partial charge in [0.25, 0.3) is 0 Å². The van der Waals surface area contributed by atoms with Crippen molar-refractivity contribution in [3.63, 3.8) is 0 Å². The predicted molar refractivity (Wildman–Crippen MR) is 81.6 cm³/mol. The summed E-state index contributed by atoms with van der Waals surface area (Å²) >= 11 is 12.2. The molecule has 0 atom stereocenters. The number of nitrogens with two attached hydrogens (primary N) is 1. The van der Waals surface area contributed by atoms with Crippen molar-refractivity contribution >= 4 is 34.7 Å². The fraction of sp³-hybridized carbons (Fsp3) is 0.0714. The van der Waals surface area contributed by atoms with Crippen molar-refractivity contribution in [1.82, 2.24) is 9.38 Å². The molecule has 2 aromatic heterocycles. The Kier molecular flexibility index (Phi) is 3.20. The molecule has 0 fully saturated rings. The van der Waals surface area contributed by atoms with E-state index in [0.717, 1.165) is 0 Å². The smallest absolute Gasteiger partial charge is 0.139 e. The highest BCUT2D eigenvalue weighted by molar-refractivity contribution is 6.33. The van der Waals surface area contributed by atoms with Crippen molar-refractivity contribution in [3.05, 3.63) is 46.6 Å². The molecule has 3 aromatic rings. The second-order valence-electron chi connectivity index (χ2n) is 4.24. The lowest BCUT2D eigenvalue weighted by Gasteiger charge is -2.08. The third kappa shape index (κ3) is 1.97. The highest BCUT2D eigenvalue weighted by atomic mass is 35.5. The fourth-order valence-corrected chi connectivity index (χ4v) is 2.54. The molecule has 0 spiro atoms. The zero-order chi connectivity index (χ0) is 14.3. The Morgan fingerprint density at radius 3 is 2.75 bits per heavy atom. The Morgan fingerprint density at radius 2 is 2.00 bits per heavy atom. The Morgan fingerprint density at radius 1 is 1.20 bits per heavy atom. The van der Waals surface area contributed by atoms with E-state index in [-0.39, 0.29) is 0 Å². The van der Waals surface area contributed by atoms with Crippen molar-refractivity contribution in [2.75, 3.05) is 12.8 Å². The van der Waals surface area contributed by atoms with E-state index >= 15 is 0 Å². The van der Waals surface area contributed by atoms with Crippen molar-refractivity contribution in [3.8, 4) is 17.0 Å². The Labute approximate surface area is 125 Å². The molecule has 3 rings (SSSR count). The number of anilines is 1. The van der Waals surface area contributed by atoms with Crippen LogP contribution < -0.4 is 10.5 Å². The van der Waals surface area contributed by atoms with E-state index in [1.165, 1.54) is 0 Å². The van der Waals surface area contributed by atoms with E-state index in [0.29, 0.717) is 38.5 Å². The molecule has 0 aliphatic heterocycles. The second kappa shape index (κ2) is 4.89. The third-order valence-corrected chi connectivity index (χ3v) is 3.59. The van der Waals surface area contributed by atoms with Gasteiger partial charge in [0.2, 0.25) is 0 Å². The number of hydrogen-bond donors (Lipinski definition) is 1. The van der Waals surface area contributed by atoms with Gasteiger partial charge in [0.1, 0.15) is 22.9 Å². The van der Waals surface area contributed by atoms with Gasteiger partial charge in [-0.05, 0) is 24.3 Å². The molecule has 6 heteroatoms. The number of ether oxygens (including phenoxy) is 1. The Hall–Kier alpha value is -1.91. The second-order valence-corrected chi connectivity index (χ2v) is 5.08. The van der Waals surface area contributed by atoms with Gasteiger partial charge in [-0.1, -0.05) is 29.3 Å². The van der Waals surface area contributed by atoms with Crippen LogP contribution in [0.1, 0.15) is 0 Å². The molecule has 102 valence electrons. The summed E-state index contributed by atoms with van der Waals surface area (Å²) in [5.74, 6) is 1.09. The van der Waals surface area contributed by atoms with Crippen LogP contribution >= 0.6 is 23.2 Å². The average Bonchev–Trinajstić information content (AvgIpc) is 2.75. The zero-order valence-electron chi connectivity index (χ0n) is 10.6. The normalized spacial score (nSPS) is 10.9. The highest BCUT2D eigenvalue weighted by Crippen LogP contribution is 2.39. The first kappa shape index (κ1) is 13.1. The molecular formula is C14H11Cl2N3O. The summed E-state index contributed by atoms with van der Waals surface area (Å²) in [6.45, 7) is 0. The Bertz CT molecular complexity index is 798. The van der Waals surface area contributed by atoms with Gasteiger partial charge in [0, 0.05) is 6.20 Å². The summed E-state index contributed by atoms with van der Waals surface area (Å²) < 4.78 is 7.06. The SMILES string of the molecule is COc1cccc(Cl)c1-c1nc2ccc(Cl)cn2c1N. The number of rotatable bonds is 2. The fourth-order valence-electron chi connectivity index (χ4n) is 2.13. The van der Waals surface area contributed by atoms with E-state index in [1.807, 2.05) is 12.1 Å². The molecular weight excluding hydrogens is 297 g/mol. The summed E-state index contributed by atoms with van der Waals surface area (Å²) in [5.41, 5.74) is 8.11. The summed E-state index contributed by atoms with van der Waals surface area (Å²) in [4.78, 5) is 4.51. The van der Waals surface area contributed by atoms with E-state index in [4.69, 9.17) is 33.7 Å². The number of nitrogen functional groups attached to an aromatic ring is 1. The van der Waals surface area contributed by atoms with Crippen LogP contribution in [0.15, 0.2) is 36.5 Å². The number of nitrogens with zero attached hydrogens (tertiary/aromatic N) is 2. The van der Waals surface area contributed by atoms with Gasteiger partial charge in [-0.15, -0.1) is 0 Å². The molecule has 0 aliphatic carbocycles. The monoisotopic (exact) mass is 307 g/mol. The predicted octanol–water partition coefficient (Wildman–Crippen LogP) is 3.90. The van der Waals surface area contributed by atoms with Crippen LogP contribution in [0.3, 0.4) is 0 Å². The summed E-state index contributed by atoms with van der Waals surface area (Å²) in [6.07, 6.45) is 1.71. The standard InChI is InChI=1S/C14H11Cl2N3O/c1-20-10-4-2-3-9(16)12(10)13-14(17)19-7-8(15)5-6-11(19)18-13/h2-7H,17H2,1H3. The molecule has 0 saturated carbocycles. The van der Waals surface area contributed by atoms with Crippen LogP contribution in [-0.4, -0.2) is 16.5 Å². The van der Waals surface area contributed by atoms with Gasteiger partial charge >= 0.3 is 0 Å². The van der Waals surface area contributed by atoms with Crippen molar-refractivity contribution in [1.29, 1.82) is 0 Å². The van der Waals surface area contributed by atoms with Crippen molar-refractivity contribution < 1.29 is 4.74 Å². The number of methoxy groups -OCH3 is 1. The zero-order valence-corrected chi connectivity index (χ0v) is 12.1. The molecule has 4 nitrogen and oxygen atoms in total. The third-order valence-electron chi connectivity index (χ3n) is 3.05. The maximum atomic E-state index is 6.26. The highest BCUT2D eigenvalue weighted by Gasteiger charge is 2.18. The minimum Gasteiger partial charge on any atom is -0.496 e. The molecule has 0 bridgehead atoms. The number of hydrogen-bond acceptors (Lipinski definition) is 3. The molecule has 0 radical (unpaired) electrons. The number of fused-ring (bicyclic) bond motifs is 1. The molecule has 2 heterocycles. The summed E-state index contributed by atoms with van der Waals surface area (Å²) in [6, 6.07) is 8.96. The van der Waals surface area contributed by atoms with Crippen LogP contribution in [0.4, 0.5) is 5.82 Å².